The van der Waals surface area contributed by atoms with Crippen LogP contribution < -0.4 is 4.74 Å². The Kier molecular flexibility index (Phi) is 18.4. The van der Waals surface area contributed by atoms with Crippen LogP contribution in [0.3, 0.4) is 0 Å². The Morgan fingerprint density at radius 3 is 2.00 bits per heavy atom. The first-order valence-electron chi connectivity index (χ1n) is 12.9. The summed E-state index contributed by atoms with van der Waals surface area (Å²) in [4.78, 5) is 0. The van der Waals surface area contributed by atoms with Crippen LogP contribution in [0.5, 0.6) is 5.75 Å². The number of ether oxygens (including phenoxy) is 1. The third-order valence-electron chi connectivity index (χ3n) is 5.95. The highest BCUT2D eigenvalue weighted by Crippen LogP contribution is 2.18. The highest BCUT2D eigenvalue weighted by molar-refractivity contribution is 6.17. The van der Waals surface area contributed by atoms with Crippen LogP contribution in [-0.2, 0) is 6.42 Å². The number of hydrogen-bond acceptors (Lipinski definition) is 1. The molecule has 0 aliphatic carbocycles. The summed E-state index contributed by atoms with van der Waals surface area (Å²) in [5.41, 5.74) is 1.40. The minimum absolute atomic E-state index is 0.345. The molecule has 2 heteroatoms. The normalized spacial score (nSPS) is 12.2. The first kappa shape index (κ1) is 27.3. The van der Waals surface area contributed by atoms with Gasteiger partial charge in [0.25, 0.3) is 0 Å². The Bertz CT molecular complexity index is 487. The zero-order valence-electron chi connectivity index (χ0n) is 19.8. The molecule has 0 aliphatic rings. The summed E-state index contributed by atoms with van der Waals surface area (Å²) in [7, 11) is 0. The summed E-state index contributed by atoms with van der Waals surface area (Å²) in [6, 6.07) is 8.64. The summed E-state index contributed by atoms with van der Waals surface area (Å²) in [5, 5.41) is 0. The fourth-order valence-corrected chi connectivity index (χ4v) is 4.15. The summed E-state index contributed by atoms with van der Waals surface area (Å²) in [5.74, 6) is 2.08. The van der Waals surface area contributed by atoms with Crippen molar-refractivity contribution in [3.8, 4) is 5.75 Å². The Morgan fingerprint density at radius 2 is 1.40 bits per heavy atom. The van der Waals surface area contributed by atoms with E-state index in [9.17, 15) is 0 Å². The fraction of sp³-hybridized carbons (Fsp3) is 0.750. The minimum atomic E-state index is 0.345. The Labute approximate surface area is 193 Å². The van der Waals surface area contributed by atoms with Crippen LogP contribution >= 0.6 is 11.6 Å². The van der Waals surface area contributed by atoms with E-state index in [-0.39, 0.29) is 0 Å². The van der Waals surface area contributed by atoms with Gasteiger partial charge in [0, 0.05) is 5.88 Å². The van der Waals surface area contributed by atoms with Crippen molar-refractivity contribution in [3.63, 3.8) is 0 Å². The zero-order chi connectivity index (χ0) is 21.7. The van der Waals surface area contributed by atoms with Gasteiger partial charge in [0.15, 0.2) is 0 Å². The fourth-order valence-electron chi connectivity index (χ4n) is 3.96. The van der Waals surface area contributed by atoms with Crippen LogP contribution in [0, 0.1) is 12.8 Å². The lowest BCUT2D eigenvalue weighted by molar-refractivity contribution is 0.264. The first-order valence-corrected chi connectivity index (χ1v) is 13.4. The number of aryl methyl sites for hydroxylation is 1. The van der Waals surface area contributed by atoms with Gasteiger partial charge in [0.1, 0.15) is 5.75 Å². The van der Waals surface area contributed by atoms with Crippen LogP contribution in [-0.4, -0.2) is 12.5 Å². The SMILES string of the molecule is [CH2]C(CCCCCl)COc1cccc(CCCCCCCCCCCCCCC)c1. The van der Waals surface area contributed by atoms with Gasteiger partial charge < -0.3 is 4.74 Å². The van der Waals surface area contributed by atoms with E-state index in [1.807, 2.05) is 0 Å². The van der Waals surface area contributed by atoms with Gasteiger partial charge in [-0.2, -0.15) is 0 Å². The summed E-state index contributed by atoms with van der Waals surface area (Å²) in [6.45, 7) is 7.18. The van der Waals surface area contributed by atoms with Gasteiger partial charge in [0.2, 0.25) is 0 Å². The predicted octanol–water partition coefficient (Wildman–Crippen LogP) is 9.56. The monoisotopic (exact) mass is 435 g/mol. The van der Waals surface area contributed by atoms with E-state index in [1.54, 1.807) is 0 Å². The largest absolute Gasteiger partial charge is 0.493 e. The highest BCUT2D eigenvalue weighted by Gasteiger charge is 2.04. The Hall–Kier alpha value is -0.690. The summed E-state index contributed by atoms with van der Waals surface area (Å²) >= 11 is 5.74. The van der Waals surface area contributed by atoms with Crippen LogP contribution in [0.25, 0.3) is 0 Å². The van der Waals surface area contributed by atoms with E-state index in [2.05, 4.69) is 38.1 Å². The molecule has 0 saturated heterocycles. The molecular weight excluding hydrogens is 388 g/mol. The van der Waals surface area contributed by atoms with Crippen molar-refractivity contribution in [2.45, 2.75) is 116 Å². The van der Waals surface area contributed by atoms with E-state index < -0.39 is 0 Å². The molecule has 0 aliphatic heterocycles. The van der Waals surface area contributed by atoms with Gasteiger partial charge in [-0.25, -0.2) is 0 Å². The second kappa shape index (κ2) is 20.2. The first-order chi connectivity index (χ1) is 14.8. The number of rotatable bonds is 21. The average Bonchev–Trinajstić information content (AvgIpc) is 2.76. The summed E-state index contributed by atoms with van der Waals surface area (Å²) < 4.78 is 5.96. The van der Waals surface area contributed by atoms with Gasteiger partial charge in [-0.15, -0.1) is 11.6 Å². The number of unbranched alkanes of at least 4 members (excludes halogenated alkanes) is 13. The van der Waals surface area contributed by atoms with Crippen LogP contribution in [0.1, 0.15) is 115 Å². The molecule has 1 nitrogen and oxygen atoms in total. The number of halogens is 1. The van der Waals surface area contributed by atoms with E-state index in [0.29, 0.717) is 12.5 Å². The third-order valence-corrected chi connectivity index (χ3v) is 6.22. The molecule has 1 rings (SSSR count). The van der Waals surface area contributed by atoms with Crippen molar-refractivity contribution < 1.29 is 4.74 Å². The number of alkyl halides is 1. The van der Waals surface area contributed by atoms with Gasteiger partial charge in [-0.05, 0) is 56.2 Å². The van der Waals surface area contributed by atoms with Crippen molar-refractivity contribution >= 4 is 11.6 Å². The van der Waals surface area contributed by atoms with Gasteiger partial charge in [0.05, 0.1) is 6.61 Å². The van der Waals surface area contributed by atoms with Gasteiger partial charge >= 0.3 is 0 Å². The second-order valence-electron chi connectivity index (χ2n) is 9.00. The van der Waals surface area contributed by atoms with Crippen molar-refractivity contribution in [1.82, 2.24) is 0 Å². The van der Waals surface area contributed by atoms with Crippen molar-refractivity contribution in [1.29, 1.82) is 0 Å². The van der Waals surface area contributed by atoms with Crippen LogP contribution in [0.4, 0.5) is 0 Å². The molecule has 1 aromatic carbocycles. The maximum Gasteiger partial charge on any atom is 0.119 e. The number of benzene rings is 1. The molecule has 0 amide bonds. The van der Waals surface area contributed by atoms with Crippen LogP contribution in [0.2, 0.25) is 0 Å². The quantitative estimate of drug-likeness (QED) is 0.138. The van der Waals surface area contributed by atoms with Crippen molar-refractivity contribution in [3.05, 3.63) is 36.8 Å². The number of hydrogen-bond donors (Lipinski definition) is 0. The highest BCUT2D eigenvalue weighted by atomic mass is 35.5. The molecule has 0 saturated carbocycles. The predicted molar refractivity (Wildman–Crippen MR) is 135 cm³/mol. The van der Waals surface area contributed by atoms with E-state index in [4.69, 9.17) is 16.3 Å². The Morgan fingerprint density at radius 1 is 0.800 bits per heavy atom. The molecule has 173 valence electrons. The maximum atomic E-state index is 5.96. The molecular formula is C28H48ClO. The molecule has 0 spiro atoms. The maximum absolute atomic E-state index is 5.96. The Balaban J connectivity index is 2.00. The topological polar surface area (TPSA) is 9.23 Å². The standard InChI is InChI=1S/C28H48ClO/c1-3-4-5-6-7-8-9-10-11-12-13-14-15-20-27-21-18-22-28(24-27)30-25-26(2)19-16-17-23-29/h18,21-22,24,26H,2-17,19-20,23,25H2,1H3. The second-order valence-corrected chi connectivity index (χ2v) is 9.38. The van der Waals surface area contributed by atoms with Gasteiger partial charge in [-0.3, -0.25) is 0 Å². The molecule has 1 aromatic rings. The lowest BCUT2D eigenvalue weighted by Crippen LogP contribution is -2.09. The molecule has 1 radical (unpaired) electrons. The molecule has 0 aromatic heterocycles. The van der Waals surface area contributed by atoms with Crippen LogP contribution in [0.15, 0.2) is 24.3 Å². The van der Waals surface area contributed by atoms with Gasteiger partial charge in [-0.1, -0.05) is 103 Å². The molecule has 0 N–H and O–H groups in total. The molecule has 0 fully saturated rings. The average molecular weight is 436 g/mol. The summed E-state index contributed by atoms with van der Waals surface area (Å²) in [6.07, 6.45) is 22.8. The molecule has 1 atom stereocenters. The molecule has 0 bridgehead atoms. The minimum Gasteiger partial charge on any atom is -0.493 e. The molecule has 0 heterocycles. The zero-order valence-corrected chi connectivity index (χ0v) is 20.6. The van der Waals surface area contributed by atoms with E-state index >= 15 is 0 Å². The molecule has 1 unspecified atom stereocenters. The lowest BCUT2D eigenvalue weighted by Gasteiger charge is -2.13. The van der Waals surface area contributed by atoms with Crippen molar-refractivity contribution in [2.24, 2.45) is 5.92 Å². The smallest absolute Gasteiger partial charge is 0.119 e. The third kappa shape index (κ3) is 16.1. The lowest BCUT2D eigenvalue weighted by atomic mass is 10.0. The van der Waals surface area contributed by atoms with Crippen molar-refractivity contribution in [2.75, 3.05) is 12.5 Å². The van der Waals surface area contributed by atoms with E-state index in [1.165, 1.54) is 95.5 Å². The van der Waals surface area contributed by atoms with E-state index in [0.717, 1.165) is 30.9 Å². The molecule has 30 heavy (non-hydrogen) atoms.